The summed E-state index contributed by atoms with van der Waals surface area (Å²) in [4.78, 5) is 0. The largest absolute Gasteiger partial charge is 0.456 e. The van der Waals surface area contributed by atoms with Crippen molar-refractivity contribution in [1.82, 2.24) is 0 Å². The fourth-order valence-corrected chi connectivity index (χ4v) is 3.03. The second-order valence-corrected chi connectivity index (χ2v) is 5.64. The van der Waals surface area contributed by atoms with E-state index in [0.717, 1.165) is 18.2 Å². The SMILES string of the molecule is COC1CCC(O)(c2cc3cccc(Cl)c3o2)CC1. The van der Waals surface area contributed by atoms with Gasteiger partial charge in [-0.25, -0.2) is 0 Å². The molecule has 0 spiro atoms. The fourth-order valence-electron chi connectivity index (χ4n) is 2.81. The molecule has 3 nitrogen and oxygen atoms in total. The molecular weight excluding hydrogens is 264 g/mol. The highest BCUT2D eigenvalue weighted by atomic mass is 35.5. The molecule has 3 rings (SSSR count). The summed E-state index contributed by atoms with van der Waals surface area (Å²) in [6.07, 6.45) is 3.25. The molecule has 1 aliphatic rings. The number of para-hydroxylation sites is 1. The van der Waals surface area contributed by atoms with E-state index >= 15 is 0 Å². The molecule has 0 atom stereocenters. The Morgan fingerprint density at radius 2 is 2.11 bits per heavy atom. The first-order valence-electron chi connectivity index (χ1n) is 6.56. The highest BCUT2D eigenvalue weighted by molar-refractivity contribution is 6.34. The number of methoxy groups -OCH3 is 1. The Balaban J connectivity index is 1.93. The lowest BCUT2D eigenvalue weighted by Crippen LogP contribution is -2.33. The molecule has 1 heterocycles. The lowest BCUT2D eigenvalue weighted by molar-refractivity contribution is -0.0592. The number of ether oxygens (including phenoxy) is 1. The number of hydrogen-bond acceptors (Lipinski definition) is 3. The number of rotatable bonds is 2. The first-order valence-corrected chi connectivity index (χ1v) is 6.94. The van der Waals surface area contributed by atoms with Gasteiger partial charge in [0.2, 0.25) is 0 Å². The summed E-state index contributed by atoms with van der Waals surface area (Å²) in [5, 5.41) is 12.3. The number of hydrogen-bond donors (Lipinski definition) is 1. The fraction of sp³-hybridized carbons (Fsp3) is 0.467. The van der Waals surface area contributed by atoms with E-state index in [-0.39, 0.29) is 6.10 Å². The molecule has 0 unspecified atom stereocenters. The minimum Gasteiger partial charge on any atom is -0.456 e. The maximum absolute atomic E-state index is 10.8. The van der Waals surface area contributed by atoms with Crippen molar-refractivity contribution in [1.29, 1.82) is 0 Å². The Labute approximate surface area is 117 Å². The molecule has 1 N–H and O–H groups in total. The molecule has 1 aromatic heterocycles. The number of furan rings is 1. The van der Waals surface area contributed by atoms with Crippen LogP contribution in [0.5, 0.6) is 0 Å². The highest BCUT2D eigenvalue weighted by Crippen LogP contribution is 2.41. The van der Waals surface area contributed by atoms with Crippen LogP contribution in [0.25, 0.3) is 11.0 Å². The Hall–Kier alpha value is -1.03. The van der Waals surface area contributed by atoms with Gasteiger partial charge >= 0.3 is 0 Å². The van der Waals surface area contributed by atoms with Crippen LogP contribution in [0.4, 0.5) is 0 Å². The molecule has 0 bridgehead atoms. The molecule has 4 heteroatoms. The molecule has 1 saturated carbocycles. The number of halogens is 1. The third-order valence-corrected chi connectivity index (χ3v) is 4.35. The van der Waals surface area contributed by atoms with Crippen molar-refractivity contribution >= 4 is 22.6 Å². The first kappa shape index (κ1) is 13.0. The van der Waals surface area contributed by atoms with Crippen LogP contribution in [0.3, 0.4) is 0 Å². The van der Waals surface area contributed by atoms with Crippen LogP contribution in [0.1, 0.15) is 31.4 Å². The van der Waals surface area contributed by atoms with Crippen LogP contribution in [-0.2, 0) is 10.3 Å². The van der Waals surface area contributed by atoms with E-state index in [9.17, 15) is 5.11 Å². The summed E-state index contributed by atoms with van der Waals surface area (Å²) in [7, 11) is 1.72. The zero-order chi connectivity index (χ0) is 13.5. The molecule has 102 valence electrons. The van der Waals surface area contributed by atoms with Gasteiger partial charge in [0.25, 0.3) is 0 Å². The van der Waals surface area contributed by atoms with Crippen LogP contribution in [0.15, 0.2) is 28.7 Å². The minimum atomic E-state index is -0.891. The maximum Gasteiger partial charge on any atom is 0.153 e. The van der Waals surface area contributed by atoms with Gasteiger partial charge in [0.1, 0.15) is 11.4 Å². The topological polar surface area (TPSA) is 42.6 Å². The molecule has 2 aromatic rings. The molecule has 0 aliphatic heterocycles. The second-order valence-electron chi connectivity index (χ2n) is 5.24. The average molecular weight is 281 g/mol. The zero-order valence-corrected chi connectivity index (χ0v) is 11.6. The smallest absolute Gasteiger partial charge is 0.153 e. The Kier molecular flexibility index (Phi) is 3.29. The lowest BCUT2D eigenvalue weighted by Gasteiger charge is -2.33. The van der Waals surface area contributed by atoms with E-state index in [1.54, 1.807) is 13.2 Å². The average Bonchev–Trinajstić information content (AvgIpc) is 2.86. The monoisotopic (exact) mass is 280 g/mol. The quantitative estimate of drug-likeness (QED) is 0.908. The second kappa shape index (κ2) is 4.82. The van der Waals surface area contributed by atoms with Gasteiger partial charge in [-0.15, -0.1) is 0 Å². The van der Waals surface area contributed by atoms with E-state index in [0.29, 0.717) is 29.2 Å². The third kappa shape index (κ3) is 2.27. The molecule has 19 heavy (non-hydrogen) atoms. The molecule has 1 aromatic carbocycles. The molecule has 0 radical (unpaired) electrons. The van der Waals surface area contributed by atoms with Crippen molar-refractivity contribution in [3.8, 4) is 0 Å². The summed E-state index contributed by atoms with van der Waals surface area (Å²) >= 11 is 6.10. The summed E-state index contributed by atoms with van der Waals surface area (Å²) < 4.78 is 11.1. The molecule has 1 fully saturated rings. The van der Waals surface area contributed by atoms with Gasteiger partial charge in [-0.3, -0.25) is 0 Å². The van der Waals surface area contributed by atoms with E-state index < -0.39 is 5.60 Å². The maximum atomic E-state index is 10.8. The van der Waals surface area contributed by atoms with Gasteiger partial charge in [-0.2, -0.15) is 0 Å². The minimum absolute atomic E-state index is 0.244. The number of benzene rings is 1. The third-order valence-electron chi connectivity index (χ3n) is 4.05. The van der Waals surface area contributed by atoms with Crippen molar-refractivity contribution in [3.63, 3.8) is 0 Å². The Bertz CT molecular complexity index is 582. The predicted octanol–water partition coefficient (Wildman–Crippen LogP) is 3.86. The summed E-state index contributed by atoms with van der Waals surface area (Å²) in [6, 6.07) is 7.52. The molecule has 0 amide bonds. The molecular formula is C15H17ClO3. The van der Waals surface area contributed by atoms with Crippen molar-refractivity contribution in [2.75, 3.05) is 7.11 Å². The van der Waals surface area contributed by atoms with Gasteiger partial charge in [0, 0.05) is 12.5 Å². The normalized spacial score (nSPS) is 27.8. The van der Waals surface area contributed by atoms with Crippen molar-refractivity contribution in [2.45, 2.75) is 37.4 Å². The van der Waals surface area contributed by atoms with Crippen LogP contribution >= 0.6 is 11.6 Å². The Morgan fingerprint density at radius 1 is 1.37 bits per heavy atom. The van der Waals surface area contributed by atoms with Gasteiger partial charge in [0.05, 0.1) is 11.1 Å². The van der Waals surface area contributed by atoms with E-state index in [4.69, 9.17) is 20.8 Å². The van der Waals surface area contributed by atoms with Crippen LogP contribution in [-0.4, -0.2) is 18.3 Å². The van der Waals surface area contributed by atoms with E-state index in [2.05, 4.69) is 0 Å². The van der Waals surface area contributed by atoms with Crippen molar-refractivity contribution < 1.29 is 14.3 Å². The van der Waals surface area contributed by atoms with Gasteiger partial charge in [-0.05, 0) is 37.8 Å². The standard InChI is InChI=1S/C15H17ClO3/c1-18-11-5-7-15(17,8-6-11)13-9-10-3-2-4-12(16)14(10)19-13/h2-4,9,11,17H,5-8H2,1H3. The molecule has 1 aliphatic carbocycles. The number of aliphatic hydroxyl groups is 1. The summed E-state index contributed by atoms with van der Waals surface area (Å²) in [6.45, 7) is 0. The molecule has 0 saturated heterocycles. The van der Waals surface area contributed by atoms with Gasteiger partial charge in [-0.1, -0.05) is 23.7 Å². The van der Waals surface area contributed by atoms with Crippen LogP contribution < -0.4 is 0 Å². The lowest BCUT2D eigenvalue weighted by atomic mass is 9.81. The van der Waals surface area contributed by atoms with Gasteiger partial charge < -0.3 is 14.3 Å². The predicted molar refractivity (Wildman–Crippen MR) is 74.4 cm³/mol. The first-order chi connectivity index (χ1) is 9.12. The van der Waals surface area contributed by atoms with Crippen LogP contribution in [0, 0.1) is 0 Å². The summed E-state index contributed by atoms with van der Waals surface area (Å²) in [5.41, 5.74) is -0.237. The van der Waals surface area contributed by atoms with Crippen molar-refractivity contribution in [2.24, 2.45) is 0 Å². The Morgan fingerprint density at radius 3 is 2.74 bits per heavy atom. The van der Waals surface area contributed by atoms with Crippen molar-refractivity contribution in [3.05, 3.63) is 35.0 Å². The van der Waals surface area contributed by atoms with E-state index in [1.807, 2.05) is 18.2 Å². The van der Waals surface area contributed by atoms with Crippen LogP contribution in [0.2, 0.25) is 5.02 Å². The summed E-state index contributed by atoms with van der Waals surface area (Å²) in [5.74, 6) is 0.616. The van der Waals surface area contributed by atoms with Gasteiger partial charge in [0.15, 0.2) is 5.58 Å². The van der Waals surface area contributed by atoms with E-state index in [1.165, 1.54) is 0 Å². The zero-order valence-electron chi connectivity index (χ0n) is 10.9. The number of fused-ring (bicyclic) bond motifs is 1. The highest BCUT2D eigenvalue weighted by Gasteiger charge is 2.37.